The first kappa shape index (κ1) is 22.3. The zero-order chi connectivity index (χ0) is 22.6. The first-order valence-electron chi connectivity index (χ1n) is 9.43. The quantitative estimate of drug-likeness (QED) is 0.586. The van der Waals surface area contributed by atoms with E-state index in [0.29, 0.717) is 16.8 Å². The minimum absolute atomic E-state index is 0.0601. The van der Waals surface area contributed by atoms with E-state index in [1.54, 1.807) is 49.4 Å². The van der Waals surface area contributed by atoms with Crippen molar-refractivity contribution < 1.29 is 22.4 Å². The molecule has 0 spiro atoms. The molecule has 0 aliphatic rings. The van der Waals surface area contributed by atoms with Crippen LogP contribution in [0.2, 0.25) is 0 Å². The molecule has 0 fully saturated rings. The van der Waals surface area contributed by atoms with E-state index in [-0.39, 0.29) is 29.0 Å². The maximum Gasteiger partial charge on any atom is 0.291 e. The molecule has 31 heavy (non-hydrogen) atoms. The van der Waals surface area contributed by atoms with Crippen molar-refractivity contribution in [3.05, 3.63) is 83.3 Å². The van der Waals surface area contributed by atoms with Crippen molar-refractivity contribution in [1.82, 2.24) is 9.62 Å². The monoisotopic (exact) mass is 441 g/mol. The Morgan fingerprint density at radius 1 is 1.00 bits per heavy atom. The summed E-state index contributed by atoms with van der Waals surface area (Å²) in [7, 11) is -0.756. The Balaban J connectivity index is 1.65. The van der Waals surface area contributed by atoms with E-state index in [2.05, 4.69) is 10.6 Å². The highest BCUT2D eigenvalue weighted by Gasteiger charge is 2.20. The van der Waals surface area contributed by atoms with Crippen molar-refractivity contribution in [1.29, 1.82) is 0 Å². The second-order valence-corrected chi connectivity index (χ2v) is 9.23. The summed E-state index contributed by atoms with van der Waals surface area (Å²) in [6.07, 6.45) is 1.42. The molecular weight excluding hydrogens is 418 g/mol. The third-order valence-corrected chi connectivity index (χ3v) is 6.45. The predicted molar refractivity (Wildman–Crippen MR) is 116 cm³/mol. The number of benzene rings is 2. The van der Waals surface area contributed by atoms with Crippen molar-refractivity contribution in [2.45, 2.75) is 18.4 Å². The number of sulfonamides is 1. The summed E-state index contributed by atoms with van der Waals surface area (Å²) < 4.78 is 30.8. The topological polar surface area (TPSA) is 109 Å². The van der Waals surface area contributed by atoms with Crippen LogP contribution in [0.5, 0.6) is 0 Å². The van der Waals surface area contributed by atoms with E-state index in [0.717, 1.165) is 9.87 Å². The van der Waals surface area contributed by atoms with Crippen LogP contribution in [0, 0.1) is 6.92 Å². The van der Waals surface area contributed by atoms with Crippen LogP contribution in [0.25, 0.3) is 0 Å². The number of hydrogen-bond acceptors (Lipinski definition) is 5. The fourth-order valence-electron chi connectivity index (χ4n) is 2.80. The summed E-state index contributed by atoms with van der Waals surface area (Å²) in [6, 6.07) is 14.7. The van der Waals surface area contributed by atoms with E-state index < -0.39 is 10.0 Å². The molecule has 9 heteroatoms. The lowest BCUT2D eigenvalue weighted by molar-refractivity contribution is 0.0949. The molecule has 162 valence electrons. The summed E-state index contributed by atoms with van der Waals surface area (Å²) in [5.41, 5.74) is 2.38. The van der Waals surface area contributed by atoms with Gasteiger partial charge in [-0.1, -0.05) is 18.2 Å². The molecule has 0 bridgehead atoms. The number of carbonyl (C=O) groups is 2. The van der Waals surface area contributed by atoms with Gasteiger partial charge in [-0.25, -0.2) is 12.7 Å². The van der Waals surface area contributed by atoms with E-state index in [9.17, 15) is 18.0 Å². The summed E-state index contributed by atoms with van der Waals surface area (Å²) in [5.74, 6) is -0.511. The van der Waals surface area contributed by atoms with Crippen LogP contribution in [-0.4, -0.2) is 38.6 Å². The number of amides is 2. The lowest BCUT2D eigenvalue weighted by Gasteiger charge is -2.14. The minimum atomic E-state index is -3.64. The smallest absolute Gasteiger partial charge is 0.291 e. The Bertz CT molecular complexity index is 1180. The Labute approximate surface area is 180 Å². The van der Waals surface area contributed by atoms with Gasteiger partial charge in [0.05, 0.1) is 11.2 Å². The van der Waals surface area contributed by atoms with E-state index in [1.165, 1.54) is 32.5 Å². The van der Waals surface area contributed by atoms with Crippen molar-refractivity contribution in [3.63, 3.8) is 0 Å². The molecule has 0 unspecified atom stereocenters. The number of rotatable bonds is 7. The molecule has 3 rings (SSSR count). The summed E-state index contributed by atoms with van der Waals surface area (Å²) in [4.78, 5) is 24.7. The van der Waals surface area contributed by atoms with Crippen LogP contribution in [0.3, 0.4) is 0 Å². The van der Waals surface area contributed by atoms with Gasteiger partial charge in [-0.05, 0) is 54.4 Å². The lowest BCUT2D eigenvalue weighted by Crippen LogP contribution is -2.25. The van der Waals surface area contributed by atoms with Crippen LogP contribution < -0.4 is 10.6 Å². The van der Waals surface area contributed by atoms with Crippen LogP contribution in [-0.2, 0) is 16.6 Å². The fraction of sp³-hybridized carbons (Fsp3) is 0.182. The van der Waals surface area contributed by atoms with Crippen molar-refractivity contribution in [3.8, 4) is 0 Å². The van der Waals surface area contributed by atoms with Gasteiger partial charge in [0.15, 0.2) is 5.76 Å². The molecule has 0 aliphatic heterocycles. The highest BCUT2D eigenvalue weighted by Crippen LogP contribution is 2.18. The Kier molecular flexibility index (Phi) is 6.57. The molecule has 1 heterocycles. The second kappa shape index (κ2) is 9.15. The molecule has 8 nitrogen and oxygen atoms in total. The van der Waals surface area contributed by atoms with Gasteiger partial charge in [0.2, 0.25) is 10.0 Å². The fourth-order valence-corrected chi connectivity index (χ4v) is 3.73. The van der Waals surface area contributed by atoms with Crippen molar-refractivity contribution in [2.75, 3.05) is 19.4 Å². The maximum absolute atomic E-state index is 12.6. The number of nitrogens with zero attached hydrogens (tertiary/aromatic N) is 1. The molecule has 0 radical (unpaired) electrons. The number of aryl methyl sites for hydroxylation is 1. The minimum Gasteiger partial charge on any atom is -0.459 e. The number of nitrogens with one attached hydrogen (secondary N) is 2. The van der Waals surface area contributed by atoms with Gasteiger partial charge >= 0.3 is 0 Å². The number of hydrogen-bond donors (Lipinski definition) is 2. The molecule has 2 amide bonds. The van der Waals surface area contributed by atoms with Crippen molar-refractivity contribution >= 4 is 27.5 Å². The molecule has 2 aromatic carbocycles. The molecule has 3 aromatic rings. The largest absolute Gasteiger partial charge is 0.459 e. The van der Waals surface area contributed by atoms with E-state index >= 15 is 0 Å². The number of carbonyl (C=O) groups excluding carboxylic acids is 2. The van der Waals surface area contributed by atoms with Gasteiger partial charge in [-0.15, -0.1) is 0 Å². The van der Waals surface area contributed by atoms with Crippen LogP contribution >= 0.6 is 0 Å². The average Bonchev–Trinajstić information content (AvgIpc) is 3.28. The van der Waals surface area contributed by atoms with Gasteiger partial charge < -0.3 is 15.1 Å². The Hall–Kier alpha value is -3.43. The first-order chi connectivity index (χ1) is 14.7. The van der Waals surface area contributed by atoms with E-state index in [1.807, 2.05) is 0 Å². The third-order valence-electron chi connectivity index (χ3n) is 4.64. The van der Waals surface area contributed by atoms with Crippen LogP contribution in [0.1, 0.15) is 32.0 Å². The van der Waals surface area contributed by atoms with Gasteiger partial charge in [-0.2, -0.15) is 0 Å². The van der Waals surface area contributed by atoms with Crippen molar-refractivity contribution in [2.24, 2.45) is 0 Å². The first-order valence-corrected chi connectivity index (χ1v) is 10.9. The Morgan fingerprint density at radius 2 is 1.71 bits per heavy atom. The third kappa shape index (κ3) is 5.19. The van der Waals surface area contributed by atoms with Crippen LogP contribution in [0.4, 0.5) is 5.69 Å². The Morgan fingerprint density at radius 3 is 2.32 bits per heavy atom. The zero-order valence-electron chi connectivity index (χ0n) is 17.4. The summed E-state index contributed by atoms with van der Waals surface area (Å²) in [6.45, 7) is 1.99. The van der Waals surface area contributed by atoms with Crippen LogP contribution in [0.15, 0.2) is 70.2 Å². The number of furan rings is 1. The predicted octanol–water partition coefficient (Wildman–Crippen LogP) is 3.02. The van der Waals surface area contributed by atoms with Gasteiger partial charge in [0, 0.05) is 31.9 Å². The lowest BCUT2D eigenvalue weighted by atomic mass is 10.1. The summed E-state index contributed by atoms with van der Waals surface area (Å²) >= 11 is 0. The zero-order valence-corrected chi connectivity index (χ0v) is 18.2. The van der Waals surface area contributed by atoms with Gasteiger partial charge in [0.1, 0.15) is 0 Å². The van der Waals surface area contributed by atoms with E-state index in [4.69, 9.17) is 4.42 Å². The average molecular weight is 442 g/mol. The molecular formula is C22H23N3O5S. The molecule has 0 atom stereocenters. The summed E-state index contributed by atoms with van der Waals surface area (Å²) in [5, 5.41) is 5.52. The highest BCUT2D eigenvalue weighted by atomic mass is 32.2. The normalized spacial score (nSPS) is 11.4. The molecule has 0 aliphatic carbocycles. The highest BCUT2D eigenvalue weighted by molar-refractivity contribution is 7.89. The van der Waals surface area contributed by atoms with Gasteiger partial charge in [0.25, 0.3) is 11.8 Å². The molecule has 2 N–H and O–H groups in total. The standard InChI is InChI=1S/C22H23N3O5S/c1-15-6-11-18(31(28,29)25(2)3)13-19(15)21(26)23-14-16-7-9-17(10-8-16)24-22(27)20-5-4-12-30-20/h4-13H,14H2,1-3H3,(H,23,26)(H,24,27). The molecule has 0 saturated carbocycles. The molecule has 0 saturated heterocycles. The van der Waals surface area contributed by atoms with Gasteiger partial charge in [-0.3, -0.25) is 9.59 Å². The maximum atomic E-state index is 12.6. The molecule has 1 aromatic heterocycles. The number of anilines is 1. The second-order valence-electron chi connectivity index (χ2n) is 7.08. The SMILES string of the molecule is Cc1ccc(S(=O)(=O)N(C)C)cc1C(=O)NCc1ccc(NC(=O)c2ccco2)cc1.